The molecule has 3 heteroatoms. The molecule has 94 valence electrons. The molecule has 1 aliphatic rings. The predicted molar refractivity (Wildman–Crippen MR) is 70.8 cm³/mol. The number of hydrogen-bond acceptors (Lipinski definition) is 2. The molecular formula is C13H27N3. The molecule has 1 saturated carbocycles. The van der Waals surface area contributed by atoms with E-state index in [4.69, 9.17) is 5.73 Å². The molecule has 1 rings (SSSR count). The van der Waals surface area contributed by atoms with E-state index in [2.05, 4.69) is 37.8 Å². The number of hydrogen-bond donors (Lipinski definition) is 1. The summed E-state index contributed by atoms with van der Waals surface area (Å²) in [5.74, 6) is 1.43. The van der Waals surface area contributed by atoms with E-state index in [0.29, 0.717) is 5.92 Å². The Morgan fingerprint density at radius 2 is 1.81 bits per heavy atom. The summed E-state index contributed by atoms with van der Waals surface area (Å²) in [6.07, 6.45) is 6.47. The number of likely N-dealkylation sites (N-methyl/N-ethyl adjacent to an activating group) is 1. The van der Waals surface area contributed by atoms with Gasteiger partial charge in [0.15, 0.2) is 0 Å². The van der Waals surface area contributed by atoms with E-state index < -0.39 is 0 Å². The van der Waals surface area contributed by atoms with Gasteiger partial charge in [0, 0.05) is 11.5 Å². The minimum Gasteiger partial charge on any atom is -0.387 e. The van der Waals surface area contributed by atoms with Crippen LogP contribution in [0.3, 0.4) is 0 Å². The molecule has 3 nitrogen and oxygen atoms in total. The molecule has 0 radical (unpaired) electrons. The Balaban J connectivity index is 2.49. The summed E-state index contributed by atoms with van der Waals surface area (Å²) in [5.41, 5.74) is 6.18. The zero-order valence-corrected chi connectivity index (χ0v) is 11.3. The Kier molecular flexibility index (Phi) is 4.78. The second kappa shape index (κ2) is 5.67. The molecule has 0 heterocycles. The third-order valence-electron chi connectivity index (χ3n) is 3.88. The molecule has 0 aromatic carbocycles. The highest BCUT2D eigenvalue weighted by atomic mass is 15.2. The number of nitrogens with two attached hydrogens (primary N) is 1. The summed E-state index contributed by atoms with van der Waals surface area (Å²) in [5, 5.41) is 0. The average molecular weight is 225 g/mol. The zero-order chi connectivity index (χ0) is 12.2. The van der Waals surface area contributed by atoms with Crippen molar-refractivity contribution in [2.75, 3.05) is 20.6 Å². The van der Waals surface area contributed by atoms with Crippen molar-refractivity contribution in [3.8, 4) is 0 Å². The van der Waals surface area contributed by atoms with Gasteiger partial charge in [0.1, 0.15) is 0 Å². The SMILES string of the molecule is CN(C)C(C)(C)CN=C(N)C1CCCCC1. The fourth-order valence-corrected chi connectivity index (χ4v) is 1.95. The van der Waals surface area contributed by atoms with E-state index in [1.165, 1.54) is 32.1 Å². The first-order valence-corrected chi connectivity index (χ1v) is 6.41. The van der Waals surface area contributed by atoms with Crippen LogP contribution in [0.2, 0.25) is 0 Å². The predicted octanol–water partition coefficient (Wildman–Crippen LogP) is 2.26. The third kappa shape index (κ3) is 3.78. The van der Waals surface area contributed by atoms with Crippen molar-refractivity contribution in [2.24, 2.45) is 16.6 Å². The van der Waals surface area contributed by atoms with Crippen LogP contribution in [0, 0.1) is 5.92 Å². The van der Waals surface area contributed by atoms with Gasteiger partial charge in [-0.3, -0.25) is 4.99 Å². The fourth-order valence-electron chi connectivity index (χ4n) is 1.95. The van der Waals surface area contributed by atoms with Crippen LogP contribution in [-0.2, 0) is 0 Å². The quantitative estimate of drug-likeness (QED) is 0.589. The zero-order valence-electron chi connectivity index (χ0n) is 11.3. The van der Waals surface area contributed by atoms with Crippen LogP contribution in [0.1, 0.15) is 46.0 Å². The van der Waals surface area contributed by atoms with Crippen molar-refractivity contribution in [3.05, 3.63) is 0 Å². The minimum absolute atomic E-state index is 0.0965. The van der Waals surface area contributed by atoms with Crippen LogP contribution < -0.4 is 5.73 Å². The summed E-state index contributed by atoms with van der Waals surface area (Å²) >= 11 is 0. The van der Waals surface area contributed by atoms with Gasteiger partial charge in [0.25, 0.3) is 0 Å². The lowest BCUT2D eigenvalue weighted by Crippen LogP contribution is -2.42. The normalized spacial score (nSPS) is 20.4. The van der Waals surface area contributed by atoms with Crippen molar-refractivity contribution in [1.82, 2.24) is 4.90 Å². The molecule has 1 aliphatic carbocycles. The average Bonchev–Trinajstić information content (AvgIpc) is 2.27. The molecule has 0 spiro atoms. The molecule has 0 aliphatic heterocycles. The Morgan fingerprint density at radius 1 is 1.25 bits per heavy atom. The van der Waals surface area contributed by atoms with Crippen LogP contribution in [0.5, 0.6) is 0 Å². The van der Waals surface area contributed by atoms with Crippen molar-refractivity contribution in [1.29, 1.82) is 0 Å². The molecule has 16 heavy (non-hydrogen) atoms. The monoisotopic (exact) mass is 225 g/mol. The van der Waals surface area contributed by atoms with Gasteiger partial charge in [0.2, 0.25) is 0 Å². The van der Waals surface area contributed by atoms with Gasteiger partial charge in [-0.05, 0) is 40.8 Å². The highest BCUT2D eigenvalue weighted by Gasteiger charge is 2.21. The van der Waals surface area contributed by atoms with E-state index in [1.807, 2.05) is 0 Å². The maximum atomic E-state index is 6.09. The van der Waals surface area contributed by atoms with E-state index in [-0.39, 0.29) is 5.54 Å². The third-order valence-corrected chi connectivity index (χ3v) is 3.88. The standard InChI is InChI=1S/C13H27N3/c1-13(2,16(3)4)10-15-12(14)11-8-6-5-7-9-11/h11H,5-10H2,1-4H3,(H2,14,15). The van der Waals surface area contributed by atoms with Gasteiger partial charge in [-0.1, -0.05) is 19.3 Å². The van der Waals surface area contributed by atoms with Crippen molar-refractivity contribution in [3.63, 3.8) is 0 Å². The van der Waals surface area contributed by atoms with Crippen molar-refractivity contribution >= 4 is 5.84 Å². The van der Waals surface area contributed by atoms with Crippen molar-refractivity contribution < 1.29 is 0 Å². The number of aliphatic imine (C=N–C) groups is 1. The summed E-state index contributed by atoms with van der Waals surface area (Å²) in [6, 6.07) is 0. The first-order valence-electron chi connectivity index (χ1n) is 6.41. The topological polar surface area (TPSA) is 41.6 Å². The molecule has 0 saturated heterocycles. The lowest BCUT2D eigenvalue weighted by molar-refractivity contribution is 0.204. The number of amidine groups is 1. The summed E-state index contributed by atoms with van der Waals surface area (Å²) in [6.45, 7) is 5.19. The summed E-state index contributed by atoms with van der Waals surface area (Å²) in [7, 11) is 4.18. The lowest BCUT2D eigenvalue weighted by Gasteiger charge is -2.31. The van der Waals surface area contributed by atoms with Gasteiger partial charge in [0.05, 0.1) is 12.4 Å². The largest absolute Gasteiger partial charge is 0.387 e. The van der Waals surface area contributed by atoms with Crippen LogP contribution in [0.25, 0.3) is 0 Å². The Morgan fingerprint density at radius 3 is 2.31 bits per heavy atom. The second-order valence-corrected chi connectivity index (χ2v) is 5.78. The highest BCUT2D eigenvalue weighted by Crippen LogP contribution is 2.24. The molecule has 0 amide bonds. The van der Waals surface area contributed by atoms with Gasteiger partial charge >= 0.3 is 0 Å². The number of rotatable bonds is 4. The van der Waals surface area contributed by atoms with Crippen LogP contribution in [-0.4, -0.2) is 36.9 Å². The fraction of sp³-hybridized carbons (Fsp3) is 0.923. The van der Waals surface area contributed by atoms with E-state index in [1.54, 1.807) is 0 Å². The van der Waals surface area contributed by atoms with Gasteiger partial charge in [-0.15, -0.1) is 0 Å². The molecule has 2 N–H and O–H groups in total. The molecule has 0 aromatic heterocycles. The molecule has 0 aromatic rings. The molecule has 0 unspecified atom stereocenters. The summed E-state index contributed by atoms with van der Waals surface area (Å²) in [4.78, 5) is 6.79. The van der Waals surface area contributed by atoms with Crippen LogP contribution in [0.4, 0.5) is 0 Å². The summed E-state index contributed by atoms with van der Waals surface area (Å²) < 4.78 is 0. The lowest BCUT2D eigenvalue weighted by atomic mass is 9.88. The van der Waals surface area contributed by atoms with Crippen molar-refractivity contribution in [2.45, 2.75) is 51.5 Å². The molecular weight excluding hydrogens is 198 g/mol. The van der Waals surface area contributed by atoms with Gasteiger partial charge in [-0.2, -0.15) is 0 Å². The Bertz CT molecular complexity index is 238. The maximum Gasteiger partial charge on any atom is 0.0969 e. The minimum atomic E-state index is 0.0965. The first-order chi connectivity index (χ1) is 7.43. The highest BCUT2D eigenvalue weighted by molar-refractivity contribution is 5.82. The second-order valence-electron chi connectivity index (χ2n) is 5.78. The Hall–Kier alpha value is -0.570. The van der Waals surface area contributed by atoms with E-state index in [9.17, 15) is 0 Å². The molecule has 0 atom stereocenters. The molecule has 0 bridgehead atoms. The van der Waals surface area contributed by atoms with Gasteiger partial charge < -0.3 is 10.6 Å². The number of nitrogens with zero attached hydrogens (tertiary/aromatic N) is 2. The van der Waals surface area contributed by atoms with E-state index >= 15 is 0 Å². The smallest absolute Gasteiger partial charge is 0.0969 e. The van der Waals surface area contributed by atoms with Gasteiger partial charge in [-0.25, -0.2) is 0 Å². The maximum absolute atomic E-state index is 6.09. The molecule has 1 fully saturated rings. The van der Waals surface area contributed by atoms with E-state index in [0.717, 1.165) is 12.4 Å². The van der Waals surface area contributed by atoms with Crippen LogP contribution in [0.15, 0.2) is 4.99 Å². The first kappa shape index (κ1) is 13.5. The Labute approximate surface area is 100 Å². The van der Waals surface area contributed by atoms with Crippen LogP contribution >= 0.6 is 0 Å².